The van der Waals surface area contributed by atoms with Crippen molar-refractivity contribution in [3.63, 3.8) is 0 Å². The number of methoxy groups -OCH3 is 1. The molecular weight excluding hydrogens is 219 g/mol. The second-order valence-electron chi connectivity index (χ2n) is 3.36. The van der Waals surface area contributed by atoms with Crippen LogP contribution < -0.4 is 4.74 Å². The predicted octanol–water partition coefficient (Wildman–Crippen LogP) is 2.36. The zero-order chi connectivity index (χ0) is 11.6. The molecule has 0 heterocycles. The molecule has 0 aliphatic heterocycles. The van der Waals surface area contributed by atoms with Gasteiger partial charge in [-0.25, -0.2) is 0 Å². The Labute approximate surface area is 89.1 Å². The van der Waals surface area contributed by atoms with Gasteiger partial charge in [-0.05, 0) is 19.9 Å². The van der Waals surface area contributed by atoms with Crippen LogP contribution in [-0.2, 0) is 10.2 Å². The summed E-state index contributed by atoms with van der Waals surface area (Å²) in [7, 11) is -3.16. The molecule has 1 rings (SSSR count). The van der Waals surface area contributed by atoms with Crippen LogP contribution in [0.3, 0.4) is 0 Å². The lowest BCUT2D eigenvalue weighted by Gasteiger charge is -2.12. The number of benzene rings is 1. The highest BCUT2D eigenvalue weighted by Gasteiger charge is 2.24. The molecule has 0 N–H and O–H groups in total. The van der Waals surface area contributed by atoms with E-state index in [4.69, 9.17) is 4.74 Å². The van der Waals surface area contributed by atoms with Crippen molar-refractivity contribution in [2.75, 3.05) is 7.11 Å². The molecule has 1 aromatic carbocycles. The smallest absolute Gasteiger partial charge is 0.309 e. The number of rotatable bonds is 3. The highest BCUT2D eigenvalue weighted by atomic mass is 32.3. The maximum atomic E-state index is 12.8. The number of hydrogen-bond donors (Lipinski definition) is 0. The van der Waals surface area contributed by atoms with E-state index < -0.39 is 15.5 Å². The Balaban J connectivity index is 3.29. The highest BCUT2D eigenvalue weighted by molar-refractivity contribution is 7.86. The summed E-state index contributed by atoms with van der Waals surface area (Å²) in [5.74, 6) is 0.384. The maximum absolute atomic E-state index is 12.8. The van der Waals surface area contributed by atoms with Crippen molar-refractivity contribution in [2.45, 2.75) is 19.1 Å². The van der Waals surface area contributed by atoms with Crippen LogP contribution >= 0.6 is 0 Å². The number of halogens is 1. The van der Waals surface area contributed by atoms with Crippen LogP contribution in [0.25, 0.3) is 0 Å². The van der Waals surface area contributed by atoms with E-state index in [9.17, 15) is 12.3 Å². The van der Waals surface area contributed by atoms with Gasteiger partial charge in [-0.1, -0.05) is 17.7 Å². The van der Waals surface area contributed by atoms with Crippen molar-refractivity contribution in [1.82, 2.24) is 0 Å². The van der Waals surface area contributed by atoms with Gasteiger partial charge in [0.05, 0.1) is 7.11 Å². The quantitative estimate of drug-likeness (QED) is 0.751. The van der Waals surface area contributed by atoms with E-state index in [0.29, 0.717) is 11.3 Å². The van der Waals surface area contributed by atoms with Gasteiger partial charge < -0.3 is 4.74 Å². The van der Waals surface area contributed by atoms with Gasteiger partial charge in [0.25, 0.3) is 0 Å². The Kier molecular flexibility index (Phi) is 3.34. The number of ether oxygens (including phenoxy) is 1. The van der Waals surface area contributed by atoms with Crippen molar-refractivity contribution in [1.29, 1.82) is 0 Å². The molecule has 5 heteroatoms. The lowest BCUT2D eigenvalue weighted by Crippen LogP contribution is -2.06. The average molecular weight is 232 g/mol. The zero-order valence-electron chi connectivity index (χ0n) is 8.82. The Bertz CT molecular complexity index is 454. The van der Waals surface area contributed by atoms with E-state index in [-0.39, 0.29) is 0 Å². The Morgan fingerprint density at radius 3 is 2.47 bits per heavy atom. The fraction of sp³-hybridized carbons (Fsp3) is 0.400. The molecule has 15 heavy (non-hydrogen) atoms. The van der Waals surface area contributed by atoms with E-state index in [1.165, 1.54) is 14.0 Å². The van der Waals surface area contributed by atoms with Gasteiger partial charge in [-0.2, -0.15) is 8.42 Å². The molecule has 0 saturated heterocycles. The minimum absolute atomic E-state index is 0.347. The third-order valence-electron chi connectivity index (χ3n) is 2.25. The van der Waals surface area contributed by atoms with E-state index >= 15 is 0 Å². The summed E-state index contributed by atoms with van der Waals surface area (Å²) in [6.07, 6.45) is 0. The van der Waals surface area contributed by atoms with Crippen molar-refractivity contribution in [3.05, 3.63) is 29.3 Å². The molecule has 0 amide bonds. The molecule has 0 fully saturated rings. The molecule has 0 bridgehead atoms. The van der Waals surface area contributed by atoms with Gasteiger partial charge in [0, 0.05) is 5.56 Å². The summed E-state index contributed by atoms with van der Waals surface area (Å²) >= 11 is 0. The monoisotopic (exact) mass is 232 g/mol. The molecule has 0 saturated carbocycles. The average Bonchev–Trinajstić information content (AvgIpc) is 2.15. The van der Waals surface area contributed by atoms with Gasteiger partial charge in [0.2, 0.25) is 0 Å². The Hall–Kier alpha value is -1.10. The van der Waals surface area contributed by atoms with Crippen LogP contribution in [0.5, 0.6) is 5.75 Å². The van der Waals surface area contributed by atoms with Crippen LogP contribution in [0.1, 0.15) is 23.3 Å². The molecule has 84 valence electrons. The SMILES string of the molecule is COc1ccc(C)cc1C(C)S(=O)(=O)F. The number of aryl methyl sites for hydroxylation is 1. The molecule has 1 aromatic rings. The maximum Gasteiger partial charge on any atom is 0.309 e. The molecular formula is C10H13FO3S. The fourth-order valence-corrected chi connectivity index (χ4v) is 1.81. The summed E-state index contributed by atoms with van der Waals surface area (Å²) in [5, 5.41) is -1.20. The summed E-state index contributed by atoms with van der Waals surface area (Å²) in [5.41, 5.74) is 1.21. The second-order valence-corrected chi connectivity index (χ2v) is 5.02. The van der Waals surface area contributed by atoms with E-state index in [0.717, 1.165) is 5.56 Å². The third kappa shape index (κ3) is 2.68. The highest BCUT2D eigenvalue weighted by Crippen LogP contribution is 2.31. The van der Waals surface area contributed by atoms with Gasteiger partial charge in [-0.3, -0.25) is 0 Å². The largest absolute Gasteiger partial charge is 0.496 e. The van der Waals surface area contributed by atoms with E-state index in [2.05, 4.69) is 0 Å². The standard InChI is InChI=1S/C10H13FO3S/c1-7-4-5-10(14-3)9(6-7)8(2)15(11,12)13/h4-6,8H,1-3H3. The lowest BCUT2D eigenvalue weighted by molar-refractivity contribution is 0.408. The van der Waals surface area contributed by atoms with Crippen LogP contribution in [-0.4, -0.2) is 15.5 Å². The minimum Gasteiger partial charge on any atom is -0.496 e. The normalized spacial score (nSPS) is 13.6. The topological polar surface area (TPSA) is 43.4 Å². The first-order valence-electron chi connectivity index (χ1n) is 4.44. The van der Waals surface area contributed by atoms with Gasteiger partial charge in [0.15, 0.2) is 0 Å². The van der Waals surface area contributed by atoms with Crippen molar-refractivity contribution in [3.8, 4) is 5.75 Å². The molecule has 0 aliphatic carbocycles. The van der Waals surface area contributed by atoms with E-state index in [1.807, 2.05) is 0 Å². The third-order valence-corrected chi connectivity index (χ3v) is 3.34. The molecule has 1 atom stereocenters. The second kappa shape index (κ2) is 4.18. The van der Waals surface area contributed by atoms with E-state index in [1.54, 1.807) is 25.1 Å². The molecule has 3 nitrogen and oxygen atoms in total. The zero-order valence-corrected chi connectivity index (χ0v) is 9.64. The summed E-state index contributed by atoms with van der Waals surface area (Å²) < 4.78 is 39.4. The molecule has 0 radical (unpaired) electrons. The molecule has 0 spiro atoms. The van der Waals surface area contributed by atoms with Crippen molar-refractivity contribution >= 4 is 10.2 Å². The first-order valence-corrected chi connectivity index (χ1v) is 5.89. The molecule has 1 unspecified atom stereocenters. The fourth-order valence-electron chi connectivity index (χ4n) is 1.32. The van der Waals surface area contributed by atoms with Crippen LogP contribution in [0.15, 0.2) is 18.2 Å². The van der Waals surface area contributed by atoms with Crippen LogP contribution in [0.2, 0.25) is 0 Å². The minimum atomic E-state index is -4.59. The van der Waals surface area contributed by atoms with Gasteiger partial charge in [0.1, 0.15) is 11.0 Å². The van der Waals surface area contributed by atoms with Crippen LogP contribution in [0, 0.1) is 6.92 Å². The first kappa shape index (κ1) is 12.0. The summed E-state index contributed by atoms with van der Waals surface area (Å²) in [6.45, 7) is 3.10. The Morgan fingerprint density at radius 1 is 1.40 bits per heavy atom. The van der Waals surface area contributed by atoms with Crippen molar-refractivity contribution in [2.24, 2.45) is 0 Å². The van der Waals surface area contributed by atoms with Gasteiger partial charge >= 0.3 is 10.2 Å². The molecule has 0 aliphatic rings. The first-order chi connectivity index (χ1) is 6.86. The Morgan fingerprint density at radius 2 is 2.00 bits per heavy atom. The van der Waals surface area contributed by atoms with Crippen LogP contribution in [0.4, 0.5) is 3.89 Å². The van der Waals surface area contributed by atoms with Gasteiger partial charge in [-0.15, -0.1) is 3.89 Å². The lowest BCUT2D eigenvalue weighted by atomic mass is 10.1. The summed E-state index contributed by atoms with van der Waals surface area (Å²) in [6, 6.07) is 5.02. The summed E-state index contributed by atoms with van der Waals surface area (Å²) in [4.78, 5) is 0. The van der Waals surface area contributed by atoms with Crippen molar-refractivity contribution < 1.29 is 17.0 Å². The molecule has 0 aromatic heterocycles. The predicted molar refractivity (Wildman–Crippen MR) is 56.2 cm³/mol. The number of hydrogen-bond acceptors (Lipinski definition) is 3.